The second-order valence-corrected chi connectivity index (χ2v) is 9.35. The lowest BCUT2D eigenvalue weighted by Crippen LogP contribution is -2.44. The average molecular weight is 478 g/mol. The molecule has 1 aliphatic rings. The largest absolute Gasteiger partial charge is 0.468 e. The van der Waals surface area contributed by atoms with Crippen molar-refractivity contribution in [3.8, 4) is 0 Å². The number of hydrogen-bond acceptors (Lipinski definition) is 4. The summed E-state index contributed by atoms with van der Waals surface area (Å²) in [6.07, 6.45) is -0.502. The van der Waals surface area contributed by atoms with Crippen molar-refractivity contribution in [3.05, 3.63) is 69.9 Å². The molecule has 1 amide bonds. The van der Waals surface area contributed by atoms with Gasteiger partial charge >= 0.3 is 12.1 Å². The molecule has 3 rings (SSSR count). The number of esters is 1. The van der Waals surface area contributed by atoms with Gasteiger partial charge in [-0.15, -0.1) is 0 Å². The predicted octanol–water partition coefficient (Wildman–Crippen LogP) is 5.03. The number of carbonyl (C=O) groups is 2. The monoisotopic (exact) mass is 477 g/mol. The third-order valence-electron chi connectivity index (χ3n) is 5.27. The second-order valence-electron chi connectivity index (χ2n) is 8.43. The zero-order chi connectivity index (χ0) is 22.1. The lowest BCUT2D eigenvalue weighted by molar-refractivity contribution is -0.147. The molecule has 2 aromatic carbocycles. The van der Waals surface area contributed by atoms with E-state index in [9.17, 15) is 14.0 Å². The van der Waals surface area contributed by atoms with Crippen LogP contribution >= 0.6 is 15.9 Å². The van der Waals surface area contributed by atoms with Crippen molar-refractivity contribution in [1.29, 1.82) is 0 Å². The van der Waals surface area contributed by atoms with Gasteiger partial charge in [-0.2, -0.15) is 0 Å². The van der Waals surface area contributed by atoms with Crippen LogP contribution in [0.3, 0.4) is 0 Å². The second kappa shape index (κ2) is 8.38. The van der Waals surface area contributed by atoms with Crippen molar-refractivity contribution in [2.45, 2.75) is 37.7 Å². The summed E-state index contributed by atoms with van der Waals surface area (Å²) in [4.78, 5) is 27.6. The van der Waals surface area contributed by atoms with Crippen LogP contribution in [0.4, 0.5) is 9.18 Å². The number of ether oxygens (including phenoxy) is 2. The van der Waals surface area contributed by atoms with Gasteiger partial charge < -0.3 is 14.4 Å². The molecule has 5 nitrogen and oxygen atoms in total. The van der Waals surface area contributed by atoms with Crippen molar-refractivity contribution in [1.82, 2.24) is 4.90 Å². The Kier molecular flexibility index (Phi) is 6.22. The van der Waals surface area contributed by atoms with Crippen molar-refractivity contribution in [2.24, 2.45) is 0 Å². The van der Waals surface area contributed by atoms with Crippen LogP contribution in [0.1, 0.15) is 37.8 Å². The molecule has 0 aromatic heterocycles. The molecular formula is C23H25BrFNO4. The van der Waals surface area contributed by atoms with Gasteiger partial charge in [0, 0.05) is 23.5 Å². The van der Waals surface area contributed by atoms with Crippen LogP contribution in [-0.2, 0) is 19.7 Å². The van der Waals surface area contributed by atoms with Crippen LogP contribution in [0.15, 0.2) is 53.0 Å². The molecule has 7 heteroatoms. The minimum absolute atomic E-state index is 0.0704. The van der Waals surface area contributed by atoms with Crippen LogP contribution < -0.4 is 0 Å². The molecule has 0 N–H and O–H groups in total. The molecular weight excluding hydrogens is 453 g/mol. The van der Waals surface area contributed by atoms with E-state index < -0.39 is 34.8 Å². The topological polar surface area (TPSA) is 55.8 Å². The number of hydrogen-bond donors (Lipinski definition) is 0. The normalized spacial score (nSPS) is 21.4. The van der Waals surface area contributed by atoms with Crippen LogP contribution in [0.2, 0.25) is 0 Å². The molecule has 0 saturated carbocycles. The lowest BCUT2D eigenvalue weighted by atomic mass is 9.69. The standard InChI is InChI=1S/C23H25BrFNO4/c1-22(2,3)30-21(28)26-13-19(15-5-9-17(24)10-6-15)23(14-26,20(27)29-4)16-7-11-18(25)12-8-16/h5-12,19H,13-14H2,1-4H3/t19-,23+/m0/s1. The Morgan fingerprint density at radius 3 is 2.23 bits per heavy atom. The summed E-state index contributed by atoms with van der Waals surface area (Å²) in [5.74, 6) is -1.27. The number of methoxy groups -OCH3 is 1. The van der Waals surface area contributed by atoms with Gasteiger partial charge in [0.1, 0.15) is 16.8 Å². The zero-order valence-corrected chi connectivity index (χ0v) is 19.0. The molecule has 160 valence electrons. The van der Waals surface area contributed by atoms with Gasteiger partial charge in [-0.05, 0) is 56.2 Å². The summed E-state index contributed by atoms with van der Waals surface area (Å²) in [5.41, 5.74) is -0.391. The third kappa shape index (κ3) is 4.36. The fraction of sp³-hybridized carbons (Fsp3) is 0.391. The first-order valence-electron chi connectivity index (χ1n) is 9.64. The van der Waals surface area contributed by atoms with Gasteiger partial charge in [-0.3, -0.25) is 4.79 Å². The highest BCUT2D eigenvalue weighted by Gasteiger charge is 2.56. The molecule has 2 atom stereocenters. The van der Waals surface area contributed by atoms with Gasteiger partial charge in [0.25, 0.3) is 0 Å². The SMILES string of the molecule is COC(=O)[C@@]1(c2ccc(F)cc2)CN(C(=O)OC(C)(C)C)C[C@H]1c1ccc(Br)cc1. The van der Waals surface area contributed by atoms with Crippen molar-refractivity contribution < 1.29 is 23.5 Å². The molecule has 1 heterocycles. The highest BCUT2D eigenvalue weighted by Crippen LogP contribution is 2.47. The highest BCUT2D eigenvalue weighted by molar-refractivity contribution is 9.10. The lowest BCUT2D eigenvalue weighted by Gasteiger charge is -2.32. The molecule has 0 aliphatic carbocycles. The average Bonchev–Trinajstić information content (AvgIpc) is 3.09. The minimum Gasteiger partial charge on any atom is -0.468 e. The summed E-state index contributed by atoms with van der Waals surface area (Å²) in [7, 11) is 1.32. The van der Waals surface area contributed by atoms with Crippen LogP contribution in [0.5, 0.6) is 0 Å². The predicted molar refractivity (Wildman–Crippen MR) is 115 cm³/mol. The van der Waals surface area contributed by atoms with Crippen LogP contribution in [-0.4, -0.2) is 42.8 Å². The van der Waals surface area contributed by atoms with E-state index in [0.717, 1.165) is 10.0 Å². The van der Waals surface area contributed by atoms with E-state index in [1.807, 2.05) is 24.3 Å². The summed E-state index contributed by atoms with van der Waals surface area (Å²) in [6.45, 7) is 5.71. The van der Waals surface area contributed by atoms with E-state index in [2.05, 4.69) is 15.9 Å². The quantitative estimate of drug-likeness (QED) is 0.581. The van der Waals surface area contributed by atoms with Crippen molar-refractivity contribution in [2.75, 3.05) is 20.2 Å². The van der Waals surface area contributed by atoms with Crippen molar-refractivity contribution >= 4 is 28.0 Å². The number of benzene rings is 2. The maximum absolute atomic E-state index is 13.6. The van der Waals surface area contributed by atoms with Gasteiger partial charge in [0.15, 0.2) is 0 Å². The number of nitrogens with zero attached hydrogens (tertiary/aromatic N) is 1. The Bertz CT molecular complexity index is 924. The maximum atomic E-state index is 13.6. The van der Waals surface area contributed by atoms with E-state index in [1.54, 1.807) is 32.9 Å². The van der Waals surface area contributed by atoms with Crippen LogP contribution in [0, 0.1) is 5.82 Å². The molecule has 2 aromatic rings. The van der Waals surface area contributed by atoms with E-state index in [0.29, 0.717) is 5.56 Å². The summed E-state index contributed by atoms with van der Waals surface area (Å²) in [5, 5.41) is 0. The van der Waals surface area contributed by atoms with Crippen LogP contribution in [0.25, 0.3) is 0 Å². The van der Waals surface area contributed by atoms with E-state index in [1.165, 1.54) is 24.1 Å². The molecule has 1 aliphatic heterocycles. The molecule has 1 fully saturated rings. The Morgan fingerprint density at radius 2 is 1.70 bits per heavy atom. The molecule has 0 unspecified atom stereocenters. The van der Waals surface area contributed by atoms with Gasteiger partial charge in [0.05, 0.1) is 7.11 Å². The molecule has 0 bridgehead atoms. The van der Waals surface area contributed by atoms with Gasteiger partial charge in [-0.1, -0.05) is 40.2 Å². The first-order chi connectivity index (χ1) is 14.1. The zero-order valence-electron chi connectivity index (χ0n) is 17.4. The summed E-state index contributed by atoms with van der Waals surface area (Å²) >= 11 is 3.43. The molecule has 1 saturated heterocycles. The minimum atomic E-state index is -1.19. The molecule has 30 heavy (non-hydrogen) atoms. The Labute approximate surface area is 184 Å². The first-order valence-corrected chi connectivity index (χ1v) is 10.4. The smallest absolute Gasteiger partial charge is 0.410 e. The van der Waals surface area contributed by atoms with E-state index >= 15 is 0 Å². The highest BCUT2D eigenvalue weighted by atomic mass is 79.9. The molecule has 0 spiro atoms. The Hall–Kier alpha value is -2.41. The number of carbonyl (C=O) groups excluding carboxylic acids is 2. The number of rotatable bonds is 3. The number of amides is 1. The fourth-order valence-electron chi connectivity index (χ4n) is 3.95. The summed E-state index contributed by atoms with van der Waals surface area (Å²) < 4.78 is 25.3. The number of halogens is 2. The first kappa shape index (κ1) is 22.3. The van der Waals surface area contributed by atoms with Gasteiger partial charge in [0.2, 0.25) is 0 Å². The Balaban J connectivity index is 2.13. The maximum Gasteiger partial charge on any atom is 0.410 e. The Morgan fingerprint density at radius 1 is 1.10 bits per heavy atom. The van der Waals surface area contributed by atoms with E-state index in [4.69, 9.17) is 9.47 Å². The van der Waals surface area contributed by atoms with E-state index in [-0.39, 0.29) is 13.1 Å². The molecule has 0 radical (unpaired) electrons. The third-order valence-corrected chi connectivity index (χ3v) is 5.80. The van der Waals surface area contributed by atoms with Crippen molar-refractivity contribution in [3.63, 3.8) is 0 Å². The number of likely N-dealkylation sites (tertiary alicyclic amines) is 1. The van der Waals surface area contributed by atoms with Gasteiger partial charge in [-0.25, -0.2) is 9.18 Å². The fourth-order valence-corrected chi connectivity index (χ4v) is 4.21. The summed E-state index contributed by atoms with van der Waals surface area (Å²) in [6, 6.07) is 13.4.